The minimum absolute atomic E-state index is 0.557. The first-order valence-electron chi connectivity index (χ1n) is 7.93. The first kappa shape index (κ1) is 15.8. The maximum absolute atomic E-state index is 5.43. The minimum atomic E-state index is 0.557. The molecule has 124 valence electrons. The molecular formula is C17H23N3O3. The van der Waals surface area contributed by atoms with E-state index in [-0.39, 0.29) is 0 Å². The van der Waals surface area contributed by atoms with Crippen molar-refractivity contribution in [2.45, 2.75) is 45.3 Å². The summed E-state index contributed by atoms with van der Waals surface area (Å²) in [6.45, 7) is 5.19. The Bertz CT molecular complexity index is 661. The summed E-state index contributed by atoms with van der Waals surface area (Å²) < 4.78 is 16.0. The SMILES string of the molecule is COc1ccc(-c2noc(CN3C(C)CCC3C)n2)cc1OC. The molecule has 0 radical (unpaired) electrons. The van der Waals surface area contributed by atoms with Crippen LogP contribution in [0.3, 0.4) is 0 Å². The summed E-state index contributed by atoms with van der Waals surface area (Å²) in [5.41, 5.74) is 0.847. The van der Waals surface area contributed by atoms with Crippen molar-refractivity contribution in [1.29, 1.82) is 0 Å². The van der Waals surface area contributed by atoms with Crippen molar-refractivity contribution in [1.82, 2.24) is 15.0 Å². The number of hydrogen-bond acceptors (Lipinski definition) is 6. The van der Waals surface area contributed by atoms with E-state index >= 15 is 0 Å². The molecule has 1 saturated heterocycles. The Labute approximate surface area is 136 Å². The highest BCUT2D eigenvalue weighted by atomic mass is 16.5. The number of benzene rings is 1. The maximum Gasteiger partial charge on any atom is 0.241 e. The third-order valence-corrected chi connectivity index (χ3v) is 4.56. The van der Waals surface area contributed by atoms with Gasteiger partial charge in [0.1, 0.15) is 0 Å². The smallest absolute Gasteiger partial charge is 0.241 e. The molecule has 1 aliphatic rings. The molecule has 0 spiro atoms. The monoisotopic (exact) mass is 317 g/mol. The topological polar surface area (TPSA) is 60.6 Å². The number of aromatic nitrogens is 2. The molecular weight excluding hydrogens is 294 g/mol. The Kier molecular flexibility index (Phi) is 4.52. The van der Waals surface area contributed by atoms with Crippen molar-refractivity contribution < 1.29 is 14.0 Å². The van der Waals surface area contributed by atoms with Crippen LogP contribution in [0.15, 0.2) is 22.7 Å². The summed E-state index contributed by atoms with van der Waals surface area (Å²) in [6, 6.07) is 6.71. The van der Waals surface area contributed by atoms with E-state index in [1.165, 1.54) is 12.8 Å². The molecule has 1 aromatic heterocycles. The van der Waals surface area contributed by atoms with Crippen LogP contribution in [0.25, 0.3) is 11.4 Å². The highest BCUT2D eigenvalue weighted by Gasteiger charge is 2.28. The molecule has 0 bridgehead atoms. The second-order valence-electron chi connectivity index (χ2n) is 6.03. The van der Waals surface area contributed by atoms with Gasteiger partial charge in [-0.15, -0.1) is 0 Å². The first-order chi connectivity index (χ1) is 11.1. The second-order valence-corrected chi connectivity index (χ2v) is 6.03. The summed E-state index contributed by atoms with van der Waals surface area (Å²) in [7, 11) is 3.22. The van der Waals surface area contributed by atoms with Crippen LogP contribution in [0.4, 0.5) is 0 Å². The van der Waals surface area contributed by atoms with Gasteiger partial charge in [0.05, 0.1) is 20.8 Å². The average Bonchev–Trinajstić information content (AvgIpc) is 3.16. The predicted octanol–water partition coefficient (Wildman–Crippen LogP) is 3.13. The fourth-order valence-corrected chi connectivity index (χ4v) is 3.13. The zero-order valence-corrected chi connectivity index (χ0v) is 14.1. The largest absolute Gasteiger partial charge is 0.493 e. The number of hydrogen-bond donors (Lipinski definition) is 0. The van der Waals surface area contributed by atoms with Gasteiger partial charge in [-0.3, -0.25) is 4.90 Å². The Morgan fingerprint density at radius 3 is 2.48 bits per heavy atom. The molecule has 2 heterocycles. The van der Waals surface area contributed by atoms with Crippen molar-refractivity contribution in [2.24, 2.45) is 0 Å². The van der Waals surface area contributed by atoms with Crippen LogP contribution in [-0.4, -0.2) is 41.3 Å². The number of ether oxygens (including phenoxy) is 2. The van der Waals surface area contributed by atoms with Crippen LogP contribution in [0.1, 0.15) is 32.6 Å². The lowest BCUT2D eigenvalue weighted by Crippen LogP contribution is -2.32. The van der Waals surface area contributed by atoms with Gasteiger partial charge >= 0.3 is 0 Å². The minimum Gasteiger partial charge on any atom is -0.493 e. The van der Waals surface area contributed by atoms with Crippen molar-refractivity contribution in [3.05, 3.63) is 24.1 Å². The van der Waals surface area contributed by atoms with Gasteiger partial charge in [-0.2, -0.15) is 4.98 Å². The van der Waals surface area contributed by atoms with E-state index in [4.69, 9.17) is 14.0 Å². The Morgan fingerprint density at radius 1 is 1.13 bits per heavy atom. The Balaban J connectivity index is 1.79. The predicted molar refractivity (Wildman–Crippen MR) is 86.5 cm³/mol. The van der Waals surface area contributed by atoms with Crippen LogP contribution in [0, 0.1) is 0 Å². The lowest BCUT2D eigenvalue weighted by atomic mass is 10.2. The Hall–Kier alpha value is -2.08. The number of nitrogens with zero attached hydrogens (tertiary/aromatic N) is 3. The van der Waals surface area contributed by atoms with E-state index in [1.807, 2.05) is 18.2 Å². The molecule has 2 atom stereocenters. The van der Waals surface area contributed by atoms with E-state index < -0.39 is 0 Å². The van der Waals surface area contributed by atoms with Crippen LogP contribution < -0.4 is 9.47 Å². The van der Waals surface area contributed by atoms with Gasteiger partial charge in [0.25, 0.3) is 0 Å². The van der Waals surface area contributed by atoms with Gasteiger partial charge in [-0.1, -0.05) is 5.16 Å². The number of likely N-dealkylation sites (tertiary alicyclic amines) is 1. The normalized spacial score (nSPS) is 21.6. The van der Waals surface area contributed by atoms with Crippen molar-refractivity contribution in [3.8, 4) is 22.9 Å². The fourth-order valence-electron chi connectivity index (χ4n) is 3.13. The molecule has 0 amide bonds. The molecule has 1 aliphatic heterocycles. The van der Waals surface area contributed by atoms with Gasteiger partial charge in [0, 0.05) is 17.6 Å². The van der Waals surface area contributed by atoms with Crippen LogP contribution in [0.2, 0.25) is 0 Å². The zero-order chi connectivity index (χ0) is 16.4. The Morgan fingerprint density at radius 2 is 1.83 bits per heavy atom. The lowest BCUT2D eigenvalue weighted by molar-refractivity contribution is 0.178. The summed E-state index contributed by atoms with van der Waals surface area (Å²) in [5, 5.41) is 4.10. The molecule has 1 fully saturated rings. The lowest BCUT2D eigenvalue weighted by Gasteiger charge is -2.23. The van der Waals surface area contributed by atoms with E-state index in [0.29, 0.717) is 41.8 Å². The summed E-state index contributed by atoms with van der Waals surface area (Å²) in [4.78, 5) is 6.94. The quantitative estimate of drug-likeness (QED) is 0.844. The van der Waals surface area contributed by atoms with Crippen molar-refractivity contribution in [2.75, 3.05) is 14.2 Å². The van der Waals surface area contributed by atoms with Crippen LogP contribution in [0.5, 0.6) is 11.5 Å². The molecule has 6 nitrogen and oxygen atoms in total. The highest BCUT2D eigenvalue weighted by Crippen LogP contribution is 2.31. The molecule has 23 heavy (non-hydrogen) atoms. The van der Waals surface area contributed by atoms with E-state index in [1.54, 1.807) is 14.2 Å². The fraction of sp³-hybridized carbons (Fsp3) is 0.529. The molecule has 0 N–H and O–H groups in total. The van der Waals surface area contributed by atoms with Crippen molar-refractivity contribution in [3.63, 3.8) is 0 Å². The molecule has 1 aromatic carbocycles. The first-order valence-corrected chi connectivity index (χ1v) is 7.93. The summed E-state index contributed by atoms with van der Waals surface area (Å²) in [6.07, 6.45) is 2.44. The molecule has 2 unspecified atom stereocenters. The second kappa shape index (κ2) is 6.58. The van der Waals surface area contributed by atoms with E-state index in [2.05, 4.69) is 28.9 Å². The number of rotatable bonds is 5. The van der Waals surface area contributed by atoms with Crippen LogP contribution >= 0.6 is 0 Å². The highest BCUT2D eigenvalue weighted by molar-refractivity contribution is 5.60. The summed E-state index contributed by atoms with van der Waals surface area (Å²) in [5.74, 6) is 2.55. The molecule has 3 rings (SSSR count). The van der Waals surface area contributed by atoms with Gasteiger partial charge < -0.3 is 14.0 Å². The van der Waals surface area contributed by atoms with Gasteiger partial charge in [0.15, 0.2) is 11.5 Å². The van der Waals surface area contributed by atoms with E-state index in [0.717, 1.165) is 5.56 Å². The van der Waals surface area contributed by atoms with Crippen LogP contribution in [-0.2, 0) is 6.54 Å². The van der Waals surface area contributed by atoms with Crippen molar-refractivity contribution >= 4 is 0 Å². The standard InChI is InChI=1S/C17H23N3O3/c1-11-5-6-12(2)20(11)10-16-18-17(19-23-16)13-7-8-14(21-3)15(9-13)22-4/h7-9,11-12H,5-6,10H2,1-4H3. The average molecular weight is 317 g/mol. The number of methoxy groups -OCH3 is 2. The third-order valence-electron chi connectivity index (χ3n) is 4.56. The molecule has 0 aliphatic carbocycles. The van der Waals surface area contributed by atoms with Gasteiger partial charge in [-0.25, -0.2) is 0 Å². The summed E-state index contributed by atoms with van der Waals surface area (Å²) >= 11 is 0. The molecule has 0 saturated carbocycles. The van der Waals surface area contributed by atoms with Gasteiger partial charge in [-0.05, 0) is 44.9 Å². The molecule has 2 aromatic rings. The molecule has 6 heteroatoms. The van der Waals surface area contributed by atoms with Gasteiger partial charge in [0.2, 0.25) is 11.7 Å². The third kappa shape index (κ3) is 3.17. The zero-order valence-electron chi connectivity index (χ0n) is 14.1. The van der Waals surface area contributed by atoms with E-state index in [9.17, 15) is 0 Å². The maximum atomic E-state index is 5.43.